The number of rotatable bonds is 4. The minimum absolute atomic E-state index is 0.0612. The van der Waals surface area contributed by atoms with Gasteiger partial charge in [-0.3, -0.25) is 9.59 Å². The van der Waals surface area contributed by atoms with Gasteiger partial charge in [-0.25, -0.2) is 8.42 Å². The standard InChI is InChI=1S/C8H13N3O4S2/c1-5-7(16-8(13)10-5)17(14,15)11(3)4-6(12)9-2/h4H2,1-3H3,(H,9,12)(H,10,13). The molecule has 0 aromatic carbocycles. The first-order valence-corrected chi connectivity index (χ1v) is 6.91. The van der Waals surface area contributed by atoms with Gasteiger partial charge in [0, 0.05) is 19.8 Å². The number of hydrogen-bond donors (Lipinski definition) is 2. The highest BCUT2D eigenvalue weighted by molar-refractivity contribution is 7.91. The molecule has 1 aromatic rings. The van der Waals surface area contributed by atoms with Crippen LogP contribution >= 0.6 is 11.3 Å². The maximum Gasteiger partial charge on any atom is 0.305 e. The molecular formula is C8H13N3O4S2. The summed E-state index contributed by atoms with van der Waals surface area (Å²) >= 11 is 0.612. The number of amides is 1. The second kappa shape index (κ2) is 4.98. The average Bonchev–Trinajstić information content (AvgIpc) is 2.58. The van der Waals surface area contributed by atoms with Crippen molar-refractivity contribution in [1.29, 1.82) is 0 Å². The van der Waals surface area contributed by atoms with E-state index in [2.05, 4.69) is 10.3 Å². The third-order valence-corrected chi connectivity index (χ3v) is 5.46. The summed E-state index contributed by atoms with van der Waals surface area (Å²) in [6.45, 7) is 1.21. The number of hydrogen-bond acceptors (Lipinski definition) is 5. The van der Waals surface area contributed by atoms with E-state index in [-0.39, 0.29) is 16.4 Å². The topological polar surface area (TPSA) is 99.3 Å². The van der Waals surface area contributed by atoms with Crippen LogP contribution in [0.1, 0.15) is 5.69 Å². The number of likely N-dealkylation sites (N-methyl/N-ethyl adjacent to an activating group) is 2. The van der Waals surface area contributed by atoms with E-state index < -0.39 is 20.8 Å². The molecule has 0 saturated heterocycles. The van der Waals surface area contributed by atoms with Gasteiger partial charge in [-0.15, -0.1) is 0 Å². The van der Waals surface area contributed by atoms with Crippen LogP contribution in [-0.4, -0.2) is 44.3 Å². The third kappa shape index (κ3) is 2.93. The summed E-state index contributed by atoms with van der Waals surface area (Å²) in [4.78, 5) is 24.1. The highest BCUT2D eigenvalue weighted by atomic mass is 32.2. The van der Waals surface area contributed by atoms with Crippen molar-refractivity contribution in [3.8, 4) is 0 Å². The van der Waals surface area contributed by atoms with Crippen LogP contribution in [0.3, 0.4) is 0 Å². The van der Waals surface area contributed by atoms with E-state index >= 15 is 0 Å². The fourth-order valence-corrected chi connectivity index (χ4v) is 3.76. The monoisotopic (exact) mass is 279 g/mol. The van der Waals surface area contributed by atoms with Crippen molar-refractivity contribution in [1.82, 2.24) is 14.6 Å². The van der Waals surface area contributed by atoms with E-state index in [0.717, 1.165) is 4.31 Å². The second-order valence-electron chi connectivity index (χ2n) is 3.36. The molecule has 0 atom stereocenters. The SMILES string of the molecule is CNC(=O)CN(C)S(=O)(=O)c1sc(=O)[nH]c1C. The fourth-order valence-electron chi connectivity index (χ4n) is 1.14. The molecular weight excluding hydrogens is 266 g/mol. The van der Waals surface area contributed by atoms with Crippen LogP contribution in [0.2, 0.25) is 0 Å². The number of thiazole rings is 1. The van der Waals surface area contributed by atoms with E-state index in [9.17, 15) is 18.0 Å². The molecule has 17 heavy (non-hydrogen) atoms. The zero-order valence-corrected chi connectivity index (χ0v) is 11.2. The van der Waals surface area contributed by atoms with Gasteiger partial charge < -0.3 is 10.3 Å². The van der Waals surface area contributed by atoms with Crippen molar-refractivity contribution in [2.75, 3.05) is 20.6 Å². The zero-order valence-electron chi connectivity index (χ0n) is 9.60. The largest absolute Gasteiger partial charge is 0.358 e. The molecule has 1 amide bonds. The highest BCUT2D eigenvalue weighted by Crippen LogP contribution is 2.19. The Morgan fingerprint density at radius 1 is 1.53 bits per heavy atom. The number of nitrogens with one attached hydrogen (secondary N) is 2. The van der Waals surface area contributed by atoms with Gasteiger partial charge in [-0.2, -0.15) is 4.31 Å². The highest BCUT2D eigenvalue weighted by Gasteiger charge is 2.26. The van der Waals surface area contributed by atoms with Crippen molar-refractivity contribution < 1.29 is 13.2 Å². The van der Waals surface area contributed by atoms with Gasteiger partial charge in [-0.1, -0.05) is 11.3 Å². The number of carbonyl (C=O) groups excluding carboxylic acids is 1. The second-order valence-corrected chi connectivity index (χ2v) is 6.58. The van der Waals surface area contributed by atoms with Crippen molar-refractivity contribution in [2.24, 2.45) is 0 Å². The van der Waals surface area contributed by atoms with Crippen LogP contribution in [0.4, 0.5) is 0 Å². The zero-order chi connectivity index (χ0) is 13.2. The first-order chi connectivity index (χ1) is 7.78. The van der Waals surface area contributed by atoms with Gasteiger partial charge in [0.1, 0.15) is 0 Å². The normalized spacial score (nSPS) is 11.8. The Kier molecular flexibility index (Phi) is 4.07. The van der Waals surface area contributed by atoms with Gasteiger partial charge in [0.25, 0.3) is 10.0 Å². The Hall–Kier alpha value is -1.19. The van der Waals surface area contributed by atoms with Gasteiger partial charge in [0.05, 0.1) is 6.54 Å². The number of aromatic nitrogens is 1. The Morgan fingerprint density at radius 2 is 2.12 bits per heavy atom. The van der Waals surface area contributed by atoms with Crippen LogP contribution in [0, 0.1) is 6.92 Å². The smallest absolute Gasteiger partial charge is 0.305 e. The minimum atomic E-state index is -3.79. The Labute approximate surface area is 103 Å². The van der Waals surface area contributed by atoms with Crippen molar-refractivity contribution >= 4 is 27.3 Å². The van der Waals surface area contributed by atoms with Crippen molar-refractivity contribution in [3.05, 3.63) is 15.4 Å². The summed E-state index contributed by atoms with van der Waals surface area (Å²) in [5.41, 5.74) is 0.281. The Balaban J connectivity index is 3.07. The quantitative estimate of drug-likeness (QED) is 0.747. The number of nitrogens with zero attached hydrogens (tertiary/aromatic N) is 1. The lowest BCUT2D eigenvalue weighted by Gasteiger charge is -2.14. The lowest BCUT2D eigenvalue weighted by molar-refractivity contribution is -0.120. The number of aromatic amines is 1. The van der Waals surface area contributed by atoms with E-state index in [0.29, 0.717) is 11.3 Å². The summed E-state index contributed by atoms with van der Waals surface area (Å²) < 4.78 is 24.9. The van der Waals surface area contributed by atoms with Crippen molar-refractivity contribution in [2.45, 2.75) is 11.1 Å². The van der Waals surface area contributed by atoms with Gasteiger partial charge >= 0.3 is 4.87 Å². The Morgan fingerprint density at radius 3 is 2.53 bits per heavy atom. The molecule has 0 bridgehead atoms. The van der Waals surface area contributed by atoms with Gasteiger partial charge in [-0.05, 0) is 6.92 Å². The summed E-state index contributed by atoms with van der Waals surface area (Å²) in [6.07, 6.45) is 0. The third-order valence-electron chi connectivity index (χ3n) is 2.07. The molecule has 1 rings (SSSR count). The molecule has 0 fully saturated rings. The molecule has 2 N–H and O–H groups in total. The van der Waals surface area contributed by atoms with Crippen LogP contribution in [0.25, 0.3) is 0 Å². The first kappa shape index (κ1) is 13.9. The van der Waals surface area contributed by atoms with Crippen LogP contribution in [0.15, 0.2) is 9.00 Å². The first-order valence-electron chi connectivity index (χ1n) is 4.65. The maximum absolute atomic E-state index is 12.0. The number of carbonyl (C=O) groups is 1. The molecule has 0 aliphatic heterocycles. The van der Waals surface area contributed by atoms with Crippen molar-refractivity contribution in [3.63, 3.8) is 0 Å². The molecule has 0 aliphatic carbocycles. The molecule has 1 aromatic heterocycles. The van der Waals surface area contributed by atoms with E-state index in [1.54, 1.807) is 0 Å². The predicted molar refractivity (Wildman–Crippen MR) is 63.6 cm³/mol. The number of H-pyrrole nitrogens is 1. The van der Waals surface area contributed by atoms with E-state index in [1.165, 1.54) is 21.0 Å². The lowest BCUT2D eigenvalue weighted by Crippen LogP contribution is -2.36. The molecule has 0 unspecified atom stereocenters. The molecule has 96 valence electrons. The molecule has 9 heteroatoms. The van der Waals surface area contributed by atoms with E-state index in [4.69, 9.17) is 0 Å². The molecule has 0 radical (unpaired) electrons. The van der Waals surface area contributed by atoms with Gasteiger partial charge in [0.15, 0.2) is 4.21 Å². The number of aryl methyl sites for hydroxylation is 1. The number of sulfonamides is 1. The molecule has 0 saturated carbocycles. The van der Waals surface area contributed by atoms with Gasteiger partial charge in [0.2, 0.25) is 5.91 Å². The van der Waals surface area contributed by atoms with Crippen LogP contribution in [-0.2, 0) is 14.8 Å². The lowest BCUT2D eigenvalue weighted by atomic mass is 10.6. The predicted octanol–water partition coefficient (Wildman–Crippen LogP) is -0.889. The summed E-state index contributed by atoms with van der Waals surface area (Å²) in [7, 11) is -1.09. The van der Waals surface area contributed by atoms with E-state index in [1.807, 2.05) is 0 Å². The minimum Gasteiger partial charge on any atom is -0.358 e. The van der Waals surface area contributed by atoms with Crippen LogP contribution in [0.5, 0.6) is 0 Å². The van der Waals surface area contributed by atoms with Crippen LogP contribution < -0.4 is 10.2 Å². The molecule has 1 heterocycles. The summed E-state index contributed by atoms with van der Waals surface area (Å²) in [6, 6.07) is 0. The maximum atomic E-state index is 12.0. The molecule has 7 nitrogen and oxygen atoms in total. The molecule has 0 aliphatic rings. The fraction of sp³-hybridized carbons (Fsp3) is 0.500. The summed E-state index contributed by atoms with van der Waals surface area (Å²) in [5.74, 6) is -0.420. The summed E-state index contributed by atoms with van der Waals surface area (Å²) in [5, 5.41) is 2.33. The molecule has 0 spiro atoms. The Bertz CT molecular complexity index is 572. The average molecular weight is 279 g/mol.